The van der Waals surface area contributed by atoms with E-state index in [1.165, 1.54) is 0 Å². The summed E-state index contributed by atoms with van der Waals surface area (Å²) in [5.41, 5.74) is 3.91. The fourth-order valence-electron chi connectivity index (χ4n) is 3.01. The van der Waals surface area contributed by atoms with E-state index in [1.807, 2.05) is 60.7 Å². The fourth-order valence-corrected chi connectivity index (χ4v) is 3.17. The third-order valence-corrected chi connectivity index (χ3v) is 4.30. The maximum absolute atomic E-state index is 6.19. The highest BCUT2D eigenvalue weighted by Crippen LogP contribution is 2.34. The monoisotopic (exact) mass is 358 g/mol. The van der Waals surface area contributed by atoms with Gasteiger partial charge in [0, 0.05) is 17.3 Å². The van der Waals surface area contributed by atoms with Crippen LogP contribution in [0, 0.1) is 0 Å². The maximum Gasteiger partial charge on any atom is 0.226 e. The molecule has 0 fully saturated rings. The SMILES string of the molecule is Clc1nc(-c2ccccc2)nc(-c2cccc3oc4cccnc4c23)n1. The lowest BCUT2D eigenvalue weighted by Crippen LogP contribution is -1.97. The summed E-state index contributed by atoms with van der Waals surface area (Å²) in [5, 5.41) is 1.01. The molecule has 26 heavy (non-hydrogen) atoms. The number of rotatable bonds is 2. The maximum atomic E-state index is 6.19. The van der Waals surface area contributed by atoms with Crippen molar-refractivity contribution >= 4 is 33.7 Å². The number of hydrogen-bond acceptors (Lipinski definition) is 5. The van der Waals surface area contributed by atoms with Crippen LogP contribution >= 0.6 is 11.6 Å². The van der Waals surface area contributed by atoms with Crippen LogP contribution in [-0.4, -0.2) is 19.9 Å². The summed E-state index contributed by atoms with van der Waals surface area (Å²) in [4.78, 5) is 17.7. The minimum atomic E-state index is 0.145. The zero-order valence-corrected chi connectivity index (χ0v) is 14.2. The number of halogens is 1. The van der Waals surface area contributed by atoms with E-state index in [9.17, 15) is 0 Å². The molecule has 0 N–H and O–H groups in total. The lowest BCUT2D eigenvalue weighted by Gasteiger charge is -2.05. The largest absolute Gasteiger partial charge is 0.454 e. The number of nitrogens with zero attached hydrogens (tertiary/aromatic N) is 4. The predicted octanol–water partition coefficient (Wildman–Crippen LogP) is 5.15. The number of fused-ring (bicyclic) bond motifs is 3. The van der Waals surface area contributed by atoms with Crippen molar-refractivity contribution in [2.24, 2.45) is 0 Å². The Balaban J connectivity index is 1.80. The average Bonchev–Trinajstić information content (AvgIpc) is 3.07. The molecule has 0 unspecified atom stereocenters. The zero-order valence-electron chi connectivity index (χ0n) is 13.4. The molecular formula is C20H11ClN4O. The molecule has 5 nitrogen and oxygen atoms in total. The second kappa shape index (κ2) is 5.89. The normalized spacial score (nSPS) is 11.3. The molecule has 0 atom stereocenters. The van der Waals surface area contributed by atoms with Crippen molar-refractivity contribution < 1.29 is 4.42 Å². The van der Waals surface area contributed by atoms with Gasteiger partial charge in [-0.1, -0.05) is 42.5 Å². The van der Waals surface area contributed by atoms with Gasteiger partial charge in [0.25, 0.3) is 0 Å². The molecule has 2 aromatic carbocycles. The molecule has 0 aliphatic rings. The van der Waals surface area contributed by atoms with Gasteiger partial charge in [0.05, 0.1) is 5.39 Å². The van der Waals surface area contributed by atoms with E-state index >= 15 is 0 Å². The van der Waals surface area contributed by atoms with Crippen LogP contribution in [0.25, 0.3) is 44.8 Å². The smallest absolute Gasteiger partial charge is 0.226 e. The van der Waals surface area contributed by atoms with Gasteiger partial charge in [0.2, 0.25) is 5.28 Å². The first-order valence-electron chi connectivity index (χ1n) is 8.03. The predicted molar refractivity (Wildman–Crippen MR) is 101 cm³/mol. The van der Waals surface area contributed by atoms with Crippen LogP contribution in [0.4, 0.5) is 0 Å². The molecule has 0 aliphatic heterocycles. The van der Waals surface area contributed by atoms with Crippen molar-refractivity contribution in [2.45, 2.75) is 0 Å². The van der Waals surface area contributed by atoms with Gasteiger partial charge in [-0.2, -0.15) is 9.97 Å². The Bertz CT molecular complexity index is 1250. The summed E-state index contributed by atoms with van der Waals surface area (Å²) in [6.45, 7) is 0. The van der Waals surface area contributed by atoms with Gasteiger partial charge in [-0.15, -0.1) is 0 Å². The molecule has 124 valence electrons. The molecule has 5 rings (SSSR count). The molecule has 6 heteroatoms. The Morgan fingerprint density at radius 2 is 1.54 bits per heavy atom. The summed E-state index contributed by atoms with van der Waals surface area (Å²) in [5.74, 6) is 1.01. The van der Waals surface area contributed by atoms with E-state index in [0.717, 1.165) is 33.2 Å². The van der Waals surface area contributed by atoms with Crippen LogP contribution < -0.4 is 0 Å². The van der Waals surface area contributed by atoms with Crippen molar-refractivity contribution in [3.8, 4) is 22.8 Å². The van der Waals surface area contributed by atoms with E-state index < -0.39 is 0 Å². The van der Waals surface area contributed by atoms with E-state index in [0.29, 0.717) is 11.6 Å². The minimum absolute atomic E-state index is 0.145. The number of pyridine rings is 1. The minimum Gasteiger partial charge on any atom is -0.454 e. The Hall–Kier alpha value is -3.31. The third kappa shape index (κ3) is 2.41. The Kier molecular flexibility index (Phi) is 3.40. The highest BCUT2D eigenvalue weighted by atomic mass is 35.5. The summed E-state index contributed by atoms with van der Waals surface area (Å²) >= 11 is 6.19. The lowest BCUT2D eigenvalue weighted by atomic mass is 10.1. The lowest BCUT2D eigenvalue weighted by molar-refractivity contribution is 0.668. The third-order valence-electron chi connectivity index (χ3n) is 4.13. The molecule has 3 heterocycles. The molecule has 0 bridgehead atoms. The summed E-state index contributed by atoms with van der Waals surface area (Å²) < 4.78 is 5.89. The average molecular weight is 359 g/mol. The van der Waals surface area contributed by atoms with Crippen molar-refractivity contribution in [3.63, 3.8) is 0 Å². The van der Waals surface area contributed by atoms with Crippen LogP contribution in [0.15, 0.2) is 71.3 Å². The van der Waals surface area contributed by atoms with Gasteiger partial charge in [0.15, 0.2) is 17.2 Å². The number of furan rings is 1. The first kappa shape index (κ1) is 15.0. The summed E-state index contributed by atoms with van der Waals surface area (Å²) in [7, 11) is 0. The zero-order chi connectivity index (χ0) is 17.5. The highest BCUT2D eigenvalue weighted by Gasteiger charge is 2.16. The molecule has 5 aromatic rings. The van der Waals surface area contributed by atoms with Crippen molar-refractivity contribution in [1.82, 2.24) is 19.9 Å². The summed E-state index contributed by atoms with van der Waals surface area (Å²) in [6, 6.07) is 19.2. The highest BCUT2D eigenvalue weighted by molar-refractivity contribution is 6.28. The van der Waals surface area contributed by atoms with Crippen molar-refractivity contribution in [1.29, 1.82) is 0 Å². The second-order valence-electron chi connectivity index (χ2n) is 5.75. The topological polar surface area (TPSA) is 64.7 Å². The summed E-state index contributed by atoms with van der Waals surface area (Å²) in [6.07, 6.45) is 1.74. The van der Waals surface area contributed by atoms with Gasteiger partial charge in [-0.05, 0) is 29.8 Å². The van der Waals surface area contributed by atoms with Crippen molar-refractivity contribution in [2.75, 3.05) is 0 Å². The number of benzene rings is 2. The fraction of sp³-hybridized carbons (Fsp3) is 0. The van der Waals surface area contributed by atoms with Crippen LogP contribution in [0.3, 0.4) is 0 Å². The first-order chi connectivity index (χ1) is 12.8. The Morgan fingerprint density at radius 1 is 0.731 bits per heavy atom. The molecule has 0 saturated heterocycles. The van der Waals surface area contributed by atoms with Gasteiger partial charge in [0.1, 0.15) is 11.1 Å². The van der Waals surface area contributed by atoms with Gasteiger partial charge in [-0.3, -0.25) is 4.98 Å². The van der Waals surface area contributed by atoms with Gasteiger partial charge < -0.3 is 4.42 Å². The van der Waals surface area contributed by atoms with E-state index in [2.05, 4.69) is 19.9 Å². The number of hydrogen-bond donors (Lipinski definition) is 0. The molecule has 0 spiro atoms. The van der Waals surface area contributed by atoms with Crippen molar-refractivity contribution in [3.05, 3.63) is 72.1 Å². The van der Waals surface area contributed by atoms with Gasteiger partial charge in [-0.25, -0.2) is 4.98 Å². The van der Waals surface area contributed by atoms with E-state index in [-0.39, 0.29) is 5.28 Å². The number of aromatic nitrogens is 4. The van der Waals surface area contributed by atoms with E-state index in [4.69, 9.17) is 16.0 Å². The molecule has 0 aliphatic carbocycles. The second-order valence-corrected chi connectivity index (χ2v) is 6.09. The van der Waals surface area contributed by atoms with Crippen LogP contribution in [-0.2, 0) is 0 Å². The van der Waals surface area contributed by atoms with Gasteiger partial charge >= 0.3 is 0 Å². The molecule has 0 amide bonds. The molecule has 3 aromatic heterocycles. The Morgan fingerprint density at radius 3 is 2.42 bits per heavy atom. The van der Waals surface area contributed by atoms with Crippen LogP contribution in [0.2, 0.25) is 5.28 Å². The van der Waals surface area contributed by atoms with Crippen LogP contribution in [0.5, 0.6) is 0 Å². The van der Waals surface area contributed by atoms with E-state index in [1.54, 1.807) is 6.20 Å². The molecular weight excluding hydrogens is 348 g/mol. The molecule has 0 saturated carbocycles. The quantitative estimate of drug-likeness (QED) is 0.436. The standard InChI is InChI=1S/C20H11ClN4O/c21-20-24-18(12-6-2-1-3-7-12)23-19(25-20)13-8-4-9-14-16(13)17-15(26-14)10-5-11-22-17/h1-11H. The first-order valence-corrected chi connectivity index (χ1v) is 8.41. The van der Waals surface area contributed by atoms with Crippen LogP contribution in [0.1, 0.15) is 0 Å². The molecule has 0 radical (unpaired) electrons. The Labute approximate surface area is 153 Å².